The van der Waals surface area contributed by atoms with Crippen LogP contribution in [0.1, 0.15) is 113 Å². The van der Waals surface area contributed by atoms with Crippen LogP contribution in [-0.4, -0.2) is 43.5 Å². The monoisotopic (exact) mass is 573 g/mol. The molecule has 1 amide bonds. The quantitative estimate of drug-likeness (QED) is 0.337. The second-order valence-electron chi connectivity index (χ2n) is 14.9. The van der Waals surface area contributed by atoms with Crippen LogP contribution in [-0.2, 0) is 15.8 Å². The molecule has 1 N–H and O–H groups in total. The van der Waals surface area contributed by atoms with Crippen LogP contribution >= 0.6 is 0 Å². The largest absolute Gasteiger partial charge is 0.380 e. The van der Waals surface area contributed by atoms with Gasteiger partial charge in [-0.25, -0.2) is 4.39 Å². The van der Waals surface area contributed by atoms with Crippen molar-refractivity contribution in [3.63, 3.8) is 0 Å². The van der Waals surface area contributed by atoms with Crippen molar-refractivity contribution in [1.29, 1.82) is 0 Å². The third-order valence-electron chi connectivity index (χ3n) is 11.6. The van der Waals surface area contributed by atoms with Gasteiger partial charge in [-0.2, -0.15) is 9.97 Å². The summed E-state index contributed by atoms with van der Waals surface area (Å²) in [5.74, 6) is 2.89. The van der Waals surface area contributed by atoms with Crippen molar-refractivity contribution in [3.8, 4) is 11.4 Å². The Morgan fingerprint density at radius 2 is 1.64 bits per heavy atom. The van der Waals surface area contributed by atoms with E-state index in [4.69, 9.17) is 14.0 Å². The molecule has 0 unspecified atom stereocenters. The van der Waals surface area contributed by atoms with Crippen molar-refractivity contribution < 1.29 is 23.3 Å². The van der Waals surface area contributed by atoms with Crippen LogP contribution in [0.5, 0.6) is 0 Å². The first kappa shape index (κ1) is 25.4. The number of aromatic nitrogens is 4. The lowest BCUT2D eigenvalue weighted by Crippen LogP contribution is -2.65. The lowest BCUT2D eigenvalue weighted by Gasteiger charge is -2.66. The fourth-order valence-electron chi connectivity index (χ4n) is 8.58. The maximum absolute atomic E-state index is 14.4. The summed E-state index contributed by atoms with van der Waals surface area (Å²) in [5.41, 5.74) is -0.689. The topological polar surface area (TPSA) is 118 Å². The SMILES string of the molecule is O=C(CC12CC(F)(C1)C2)N(CC12CCC(c3nc(C4CC4)no3)(CC1)CC2)c1cccc(-c2noc(C3(O)CC3)n2)c1. The van der Waals surface area contributed by atoms with E-state index < -0.39 is 11.3 Å². The lowest BCUT2D eigenvalue weighted by atomic mass is 9.41. The molecule has 0 spiro atoms. The normalized spacial score (nSPS) is 35.4. The van der Waals surface area contributed by atoms with Gasteiger partial charge in [-0.3, -0.25) is 4.79 Å². The number of alkyl halides is 1. The van der Waals surface area contributed by atoms with Crippen molar-refractivity contribution in [1.82, 2.24) is 20.3 Å². The number of carbonyl (C=O) groups excluding carboxylic acids is 1. The highest BCUT2D eigenvalue weighted by atomic mass is 19.1. The van der Waals surface area contributed by atoms with Crippen LogP contribution in [0.15, 0.2) is 33.3 Å². The molecule has 10 heteroatoms. The molecule has 8 saturated carbocycles. The molecule has 8 fully saturated rings. The summed E-state index contributed by atoms with van der Waals surface area (Å²) in [7, 11) is 0. The minimum absolute atomic E-state index is 0.0159. The van der Waals surface area contributed by atoms with Gasteiger partial charge >= 0.3 is 0 Å². The second kappa shape index (κ2) is 8.27. The van der Waals surface area contributed by atoms with E-state index in [1.54, 1.807) is 0 Å². The Labute approximate surface area is 243 Å². The number of fused-ring (bicyclic) bond motifs is 3. The number of anilines is 1. The van der Waals surface area contributed by atoms with Crippen molar-refractivity contribution in [3.05, 3.63) is 41.9 Å². The Balaban J connectivity index is 0.981. The van der Waals surface area contributed by atoms with Crippen LogP contribution in [0.3, 0.4) is 0 Å². The number of halogens is 1. The predicted octanol–water partition coefficient (Wildman–Crippen LogP) is 5.89. The molecule has 8 aliphatic rings. The molecular formula is C32H36FN5O4. The molecule has 9 nitrogen and oxygen atoms in total. The molecule has 8 aliphatic carbocycles. The van der Waals surface area contributed by atoms with Gasteiger partial charge in [0.15, 0.2) is 5.82 Å². The van der Waals surface area contributed by atoms with Gasteiger partial charge in [-0.1, -0.05) is 22.4 Å². The fraction of sp³-hybridized carbons (Fsp3) is 0.656. The third-order valence-corrected chi connectivity index (χ3v) is 11.6. The Morgan fingerprint density at radius 3 is 2.31 bits per heavy atom. The summed E-state index contributed by atoms with van der Waals surface area (Å²) < 4.78 is 25.6. The number of benzene rings is 1. The first-order chi connectivity index (χ1) is 20.2. The van der Waals surface area contributed by atoms with Gasteiger partial charge in [0.05, 0.1) is 0 Å². The third kappa shape index (κ3) is 3.93. The van der Waals surface area contributed by atoms with E-state index in [0.717, 1.165) is 74.3 Å². The van der Waals surface area contributed by atoms with E-state index in [9.17, 15) is 14.3 Å². The van der Waals surface area contributed by atoms with Crippen molar-refractivity contribution in [2.75, 3.05) is 11.4 Å². The molecule has 0 atom stereocenters. The first-order valence-corrected chi connectivity index (χ1v) is 15.7. The van der Waals surface area contributed by atoms with Gasteiger partial charge in [-0.15, -0.1) is 0 Å². The number of hydrogen-bond donors (Lipinski definition) is 1. The van der Waals surface area contributed by atoms with E-state index in [1.165, 1.54) is 0 Å². The molecule has 3 aromatic rings. The van der Waals surface area contributed by atoms with E-state index in [-0.39, 0.29) is 28.0 Å². The molecule has 2 aromatic heterocycles. The van der Waals surface area contributed by atoms with Gasteiger partial charge in [0.2, 0.25) is 17.6 Å². The Morgan fingerprint density at radius 1 is 0.929 bits per heavy atom. The average Bonchev–Trinajstić information content (AvgIpc) is 3.84. The number of carbonyl (C=O) groups is 1. The van der Waals surface area contributed by atoms with Crippen LogP contribution < -0.4 is 4.90 Å². The highest BCUT2D eigenvalue weighted by Gasteiger charge is 2.69. The Bertz CT molecular complexity index is 1540. The summed E-state index contributed by atoms with van der Waals surface area (Å²) in [6.45, 7) is 0.636. The predicted molar refractivity (Wildman–Crippen MR) is 148 cm³/mol. The minimum Gasteiger partial charge on any atom is -0.380 e. The van der Waals surface area contributed by atoms with Crippen LogP contribution in [0, 0.1) is 10.8 Å². The van der Waals surface area contributed by atoms with E-state index in [1.807, 2.05) is 29.2 Å². The molecule has 4 bridgehead atoms. The van der Waals surface area contributed by atoms with Gasteiger partial charge in [0, 0.05) is 35.5 Å². The molecular weight excluding hydrogens is 537 g/mol. The number of rotatable bonds is 9. The van der Waals surface area contributed by atoms with Gasteiger partial charge < -0.3 is 19.1 Å². The van der Waals surface area contributed by atoms with Crippen LogP contribution in [0.4, 0.5) is 10.1 Å². The minimum atomic E-state index is -1.03. The van der Waals surface area contributed by atoms with Gasteiger partial charge in [0.1, 0.15) is 11.3 Å². The summed E-state index contributed by atoms with van der Waals surface area (Å²) in [6, 6.07) is 7.74. The standard InChI is InChI=1S/C32H36FN5O4/c33-31-16-29(17-31,18-31)15-23(39)38(22-3-1-2-21(14-22)25-35-27(42-37-25)32(40)12-13-32)19-28-6-9-30(10-7-28,11-8-28)26-34-24(36-41-26)20-4-5-20/h1-3,14,20,40H,4-13,15-19H2. The number of amides is 1. The van der Waals surface area contributed by atoms with Crippen LogP contribution in [0.25, 0.3) is 11.4 Å². The van der Waals surface area contributed by atoms with E-state index in [2.05, 4.69) is 15.3 Å². The Hall–Kier alpha value is -3.14. The number of hydrogen-bond acceptors (Lipinski definition) is 8. The zero-order valence-corrected chi connectivity index (χ0v) is 23.8. The molecule has 0 saturated heterocycles. The Kier molecular flexibility index (Phi) is 5.00. The highest BCUT2D eigenvalue weighted by Crippen LogP contribution is 2.71. The molecule has 220 valence electrons. The molecule has 11 rings (SSSR count). The summed E-state index contributed by atoms with van der Waals surface area (Å²) in [4.78, 5) is 25.3. The molecule has 2 heterocycles. The zero-order chi connectivity index (χ0) is 28.4. The summed E-state index contributed by atoms with van der Waals surface area (Å²) >= 11 is 0. The van der Waals surface area contributed by atoms with Gasteiger partial charge in [0.25, 0.3) is 5.89 Å². The zero-order valence-electron chi connectivity index (χ0n) is 23.8. The average molecular weight is 574 g/mol. The first-order valence-electron chi connectivity index (χ1n) is 15.7. The van der Waals surface area contributed by atoms with E-state index >= 15 is 0 Å². The number of aliphatic hydroxyl groups is 1. The molecule has 42 heavy (non-hydrogen) atoms. The number of nitrogens with zero attached hydrogens (tertiary/aromatic N) is 5. The van der Waals surface area contributed by atoms with Crippen molar-refractivity contribution >= 4 is 11.6 Å². The van der Waals surface area contributed by atoms with E-state index in [0.29, 0.717) is 56.8 Å². The maximum Gasteiger partial charge on any atom is 0.258 e. The highest BCUT2D eigenvalue weighted by molar-refractivity contribution is 5.94. The smallest absolute Gasteiger partial charge is 0.258 e. The maximum atomic E-state index is 14.4. The molecule has 0 radical (unpaired) electrons. The lowest BCUT2D eigenvalue weighted by molar-refractivity contribution is -0.215. The fourth-order valence-corrected chi connectivity index (χ4v) is 8.58. The van der Waals surface area contributed by atoms with Crippen molar-refractivity contribution in [2.45, 2.75) is 112 Å². The molecule has 0 aliphatic heterocycles. The van der Waals surface area contributed by atoms with Crippen molar-refractivity contribution in [2.24, 2.45) is 10.8 Å². The van der Waals surface area contributed by atoms with Gasteiger partial charge in [-0.05, 0) is 106 Å². The summed E-state index contributed by atoms with van der Waals surface area (Å²) in [5, 5.41) is 18.8. The van der Waals surface area contributed by atoms with Crippen LogP contribution in [0.2, 0.25) is 0 Å². The molecule has 1 aromatic carbocycles. The second-order valence-corrected chi connectivity index (χ2v) is 14.9. The summed E-state index contributed by atoms with van der Waals surface area (Å²) in [6.07, 6.45) is 11.4.